The lowest BCUT2D eigenvalue weighted by atomic mass is 10.1. The van der Waals surface area contributed by atoms with E-state index < -0.39 is 0 Å². The maximum Gasteiger partial charge on any atom is 0.239 e. The first kappa shape index (κ1) is 16.0. The standard InChI is InChI=1S/C14H26N2O3/c1-11(2)6-7-15-14(18)10-16(12(3)17)9-13-5-4-8-19-13/h11,13H,4-10H2,1-3H3,(H,15,18). The maximum absolute atomic E-state index is 11.8. The molecule has 1 aliphatic heterocycles. The molecule has 19 heavy (non-hydrogen) atoms. The quantitative estimate of drug-likeness (QED) is 0.755. The minimum absolute atomic E-state index is 0.0745. The largest absolute Gasteiger partial charge is 0.376 e. The fourth-order valence-electron chi connectivity index (χ4n) is 2.07. The van der Waals surface area contributed by atoms with Gasteiger partial charge in [0.1, 0.15) is 0 Å². The van der Waals surface area contributed by atoms with Crippen LogP contribution in [0.3, 0.4) is 0 Å². The number of amides is 2. The van der Waals surface area contributed by atoms with Crippen LogP contribution in [0, 0.1) is 5.92 Å². The van der Waals surface area contributed by atoms with Gasteiger partial charge in [-0.15, -0.1) is 0 Å². The topological polar surface area (TPSA) is 58.6 Å². The van der Waals surface area contributed by atoms with Gasteiger partial charge in [-0.25, -0.2) is 0 Å². The van der Waals surface area contributed by atoms with E-state index in [0.717, 1.165) is 25.9 Å². The second-order valence-corrected chi connectivity index (χ2v) is 5.57. The minimum Gasteiger partial charge on any atom is -0.376 e. The molecule has 1 heterocycles. The summed E-state index contributed by atoms with van der Waals surface area (Å²) < 4.78 is 5.50. The van der Waals surface area contributed by atoms with E-state index in [2.05, 4.69) is 19.2 Å². The van der Waals surface area contributed by atoms with E-state index in [9.17, 15) is 9.59 Å². The SMILES string of the molecule is CC(=O)N(CC(=O)NCCC(C)C)CC1CCCO1. The first-order valence-electron chi connectivity index (χ1n) is 7.13. The van der Waals surface area contributed by atoms with Crippen molar-refractivity contribution in [1.29, 1.82) is 0 Å². The van der Waals surface area contributed by atoms with Gasteiger partial charge in [-0.2, -0.15) is 0 Å². The highest BCUT2D eigenvalue weighted by Crippen LogP contribution is 2.13. The van der Waals surface area contributed by atoms with Crippen molar-refractivity contribution in [3.63, 3.8) is 0 Å². The van der Waals surface area contributed by atoms with Crippen molar-refractivity contribution in [2.45, 2.75) is 46.1 Å². The monoisotopic (exact) mass is 270 g/mol. The van der Waals surface area contributed by atoms with Crippen LogP contribution in [0.15, 0.2) is 0 Å². The second-order valence-electron chi connectivity index (χ2n) is 5.57. The van der Waals surface area contributed by atoms with Crippen molar-refractivity contribution in [1.82, 2.24) is 10.2 Å². The summed E-state index contributed by atoms with van der Waals surface area (Å²) in [5.74, 6) is 0.402. The number of carbonyl (C=O) groups is 2. The third-order valence-electron chi connectivity index (χ3n) is 3.27. The Hall–Kier alpha value is -1.10. The first-order valence-corrected chi connectivity index (χ1v) is 7.13. The third-order valence-corrected chi connectivity index (χ3v) is 3.27. The van der Waals surface area contributed by atoms with Crippen molar-refractivity contribution in [3.05, 3.63) is 0 Å². The van der Waals surface area contributed by atoms with Crippen molar-refractivity contribution in [3.8, 4) is 0 Å². The molecule has 0 aromatic rings. The van der Waals surface area contributed by atoms with Gasteiger partial charge in [0.25, 0.3) is 0 Å². The molecule has 0 aromatic heterocycles. The number of rotatable bonds is 7. The Morgan fingerprint density at radius 1 is 1.42 bits per heavy atom. The van der Waals surface area contributed by atoms with Crippen LogP contribution < -0.4 is 5.32 Å². The molecule has 1 rings (SSSR count). The number of carbonyl (C=O) groups excluding carboxylic acids is 2. The molecule has 5 heteroatoms. The number of nitrogens with zero attached hydrogens (tertiary/aromatic N) is 1. The number of nitrogens with one attached hydrogen (secondary N) is 1. The highest BCUT2D eigenvalue weighted by molar-refractivity contribution is 5.83. The van der Waals surface area contributed by atoms with E-state index in [-0.39, 0.29) is 24.5 Å². The van der Waals surface area contributed by atoms with Gasteiger partial charge in [-0.3, -0.25) is 9.59 Å². The van der Waals surface area contributed by atoms with Crippen molar-refractivity contribution in [2.24, 2.45) is 5.92 Å². The molecule has 1 saturated heterocycles. The molecular weight excluding hydrogens is 244 g/mol. The van der Waals surface area contributed by atoms with Crippen LogP contribution in [-0.4, -0.2) is 49.1 Å². The van der Waals surface area contributed by atoms with Gasteiger partial charge in [-0.1, -0.05) is 13.8 Å². The fourth-order valence-corrected chi connectivity index (χ4v) is 2.07. The first-order chi connectivity index (χ1) is 8.99. The molecule has 0 aliphatic carbocycles. The van der Waals surface area contributed by atoms with Crippen LogP contribution in [0.1, 0.15) is 40.0 Å². The Kier molecular flexibility index (Phi) is 6.84. The summed E-state index contributed by atoms with van der Waals surface area (Å²) in [6.45, 7) is 7.81. The van der Waals surface area contributed by atoms with Gasteiger partial charge in [0.05, 0.1) is 12.6 Å². The van der Waals surface area contributed by atoms with Crippen molar-refractivity contribution >= 4 is 11.8 Å². The molecule has 0 bridgehead atoms. The van der Waals surface area contributed by atoms with Crippen LogP contribution in [-0.2, 0) is 14.3 Å². The van der Waals surface area contributed by atoms with E-state index in [1.54, 1.807) is 4.90 Å². The summed E-state index contributed by atoms with van der Waals surface area (Å²) in [5.41, 5.74) is 0. The smallest absolute Gasteiger partial charge is 0.239 e. The van der Waals surface area contributed by atoms with Gasteiger partial charge < -0.3 is 15.0 Å². The molecule has 0 radical (unpaired) electrons. The molecule has 1 N–H and O–H groups in total. The summed E-state index contributed by atoms with van der Waals surface area (Å²) in [6, 6.07) is 0. The van der Waals surface area contributed by atoms with Gasteiger partial charge in [0.15, 0.2) is 0 Å². The van der Waals surface area contributed by atoms with Crippen LogP contribution in [0.2, 0.25) is 0 Å². The predicted octanol–water partition coefficient (Wildman–Crippen LogP) is 1.18. The number of hydrogen-bond acceptors (Lipinski definition) is 3. The Morgan fingerprint density at radius 2 is 2.16 bits per heavy atom. The third kappa shape index (κ3) is 6.57. The molecule has 1 unspecified atom stereocenters. The zero-order valence-electron chi connectivity index (χ0n) is 12.3. The van der Waals surface area contributed by atoms with Gasteiger partial charge in [0, 0.05) is 26.6 Å². The van der Waals surface area contributed by atoms with E-state index in [0.29, 0.717) is 19.0 Å². The highest BCUT2D eigenvalue weighted by atomic mass is 16.5. The lowest BCUT2D eigenvalue weighted by Gasteiger charge is -2.23. The average molecular weight is 270 g/mol. The number of hydrogen-bond donors (Lipinski definition) is 1. The van der Waals surface area contributed by atoms with E-state index in [4.69, 9.17) is 4.74 Å². The summed E-state index contributed by atoms with van der Waals surface area (Å²) in [7, 11) is 0. The minimum atomic E-state index is -0.0890. The van der Waals surface area contributed by atoms with Gasteiger partial charge >= 0.3 is 0 Å². The molecule has 1 aliphatic rings. The normalized spacial score (nSPS) is 18.6. The van der Waals surface area contributed by atoms with E-state index in [1.165, 1.54) is 6.92 Å². The molecule has 5 nitrogen and oxygen atoms in total. The molecular formula is C14H26N2O3. The van der Waals surface area contributed by atoms with Gasteiger partial charge in [-0.05, 0) is 25.2 Å². The Morgan fingerprint density at radius 3 is 2.68 bits per heavy atom. The van der Waals surface area contributed by atoms with Gasteiger partial charge in [0.2, 0.25) is 11.8 Å². The Labute approximate surface area is 115 Å². The van der Waals surface area contributed by atoms with Crippen molar-refractivity contribution < 1.29 is 14.3 Å². The summed E-state index contributed by atoms with van der Waals surface area (Å²) in [6.07, 6.45) is 3.06. The molecule has 110 valence electrons. The number of ether oxygens (including phenoxy) is 1. The molecule has 1 fully saturated rings. The molecule has 0 saturated carbocycles. The van der Waals surface area contributed by atoms with Crippen molar-refractivity contribution in [2.75, 3.05) is 26.2 Å². The van der Waals surface area contributed by atoms with Crippen LogP contribution >= 0.6 is 0 Å². The van der Waals surface area contributed by atoms with Crippen LogP contribution in [0.5, 0.6) is 0 Å². The van der Waals surface area contributed by atoms with Crippen LogP contribution in [0.25, 0.3) is 0 Å². The lowest BCUT2D eigenvalue weighted by Crippen LogP contribution is -2.43. The summed E-state index contributed by atoms with van der Waals surface area (Å²) in [5, 5.41) is 2.85. The lowest BCUT2D eigenvalue weighted by molar-refractivity contribution is -0.135. The second kappa shape index (κ2) is 8.15. The fraction of sp³-hybridized carbons (Fsp3) is 0.857. The zero-order valence-corrected chi connectivity index (χ0v) is 12.3. The highest BCUT2D eigenvalue weighted by Gasteiger charge is 2.22. The molecule has 2 amide bonds. The maximum atomic E-state index is 11.8. The Bertz CT molecular complexity index is 299. The molecule has 0 aromatic carbocycles. The molecule has 0 spiro atoms. The van der Waals surface area contributed by atoms with E-state index in [1.807, 2.05) is 0 Å². The average Bonchev–Trinajstić information content (AvgIpc) is 2.80. The summed E-state index contributed by atoms with van der Waals surface area (Å²) >= 11 is 0. The summed E-state index contributed by atoms with van der Waals surface area (Å²) in [4.78, 5) is 24.9. The Balaban J connectivity index is 2.31. The van der Waals surface area contributed by atoms with Crippen LogP contribution in [0.4, 0.5) is 0 Å². The predicted molar refractivity (Wildman–Crippen MR) is 73.7 cm³/mol. The van der Waals surface area contributed by atoms with E-state index >= 15 is 0 Å². The zero-order chi connectivity index (χ0) is 14.3. The molecule has 1 atom stereocenters.